The van der Waals surface area contributed by atoms with Gasteiger partial charge in [-0.2, -0.15) is 0 Å². The lowest BCUT2D eigenvalue weighted by Crippen LogP contribution is -2.22. The fourth-order valence-corrected chi connectivity index (χ4v) is 4.30. The average Bonchev–Trinajstić information content (AvgIpc) is 3.01. The first-order valence-electron chi connectivity index (χ1n) is 8.02. The second kappa shape index (κ2) is 9.79. The van der Waals surface area contributed by atoms with Crippen LogP contribution in [-0.4, -0.2) is 36.8 Å². The molecule has 1 aromatic carbocycles. The first-order valence-corrected chi connectivity index (χ1v) is 10.9. The molecule has 1 amide bonds. The maximum Gasteiger partial charge on any atom is 0.238 e. The van der Waals surface area contributed by atoms with Crippen LogP contribution in [0.1, 0.15) is 23.1 Å². The van der Waals surface area contributed by atoms with Crippen molar-refractivity contribution in [2.24, 2.45) is 5.73 Å². The summed E-state index contributed by atoms with van der Waals surface area (Å²) in [6.45, 7) is 2.10. The van der Waals surface area contributed by atoms with Gasteiger partial charge in [-0.05, 0) is 17.2 Å². The number of halogens is 1. The van der Waals surface area contributed by atoms with Crippen molar-refractivity contribution in [1.29, 1.82) is 0 Å². The van der Waals surface area contributed by atoms with Crippen LogP contribution in [-0.2, 0) is 27.8 Å². The minimum Gasteiger partial charge on any atom is -0.356 e. The van der Waals surface area contributed by atoms with E-state index in [2.05, 4.69) is 20.2 Å². The van der Waals surface area contributed by atoms with Crippen molar-refractivity contribution < 1.29 is 13.2 Å². The molecule has 0 bridgehead atoms. The normalized spacial score (nSPS) is 11.7. The number of nitrogens with zero attached hydrogens (tertiary/aromatic N) is 2. The number of nitrogens with one attached hydrogen (secondary N) is 2. The lowest BCUT2D eigenvalue weighted by Gasteiger charge is -2.05. The van der Waals surface area contributed by atoms with Crippen molar-refractivity contribution in [3.05, 3.63) is 45.4 Å². The number of aromatic nitrogens is 2. The molecule has 0 radical (unpaired) electrons. The van der Waals surface area contributed by atoms with E-state index in [0.29, 0.717) is 23.0 Å². The first kappa shape index (κ1) is 21.3. The third kappa shape index (κ3) is 6.90. The highest BCUT2D eigenvalue weighted by Gasteiger charge is 2.13. The molecule has 2 rings (SSSR count). The number of carbonyl (C=O) groups excluding carboxylic acids is 1. The Hall–Kier alpha value is -2.01. The van der Waals surface area contributed by atoms with Crippen LogP contribution in [0, 0.1) is 0 Å². The molecule has 11 heteroatoms. The standard InChI is InChI=1S/C16H20ClN5O3S2/c1-11(23)19-8-7-15-20-21-16(26-15)22-27(24,25)9-3-5-12-4-2-6-14(17)13(12)10-18/h2-6H,7-10,18H2,1H3,(H,19,23)(H,21,22). The molecule has 1 aromatic heterocycles. The van der Waals surface area contributed by atoms with Crippen molar-refractivity contribution >= 4 is 50.1 Å². The minimum absolute atomic E-state index is 0.135. The van der Waals surface area contributed by atoms with Gasteiger partial charge in [-0.15, -0.1) is 10.2 Å². The molecule has 0 atom stereocenters. The topological polar surface area (TPSA) is 127 Å². The van der Waals surface area contributed by atoms with Gasteiger partial charge in [0.15, 0.2) is 0 Å². The van der Waals surface area contributed by atoms with E-state index in [9.17, 15) is 13.2 Å². The Balaban J connectivity index is 1.95. The van der Waals surface area contributed by atoms with Crippen LogP contribution in [0.3, 0.4) is 0 Å². The Morgan fingerprint density at radius 1 is 1.37 bits per heavy atom. The molecule has 0 saturated heterocycles. The molecule has 0 aliphatic heterocycles. The minimum atomic E-state index is -3.62. The average molecular weight is 430 g/mol. The summed E-state index contributed by atoms with van der Waals surface area (Å²) >= 11 is 7.21. The molecule has 0 aliphatic carbocycles. The summed E-state index contributed by atoms with van der Waals surface area (Å²) in [6.07, 6.45) is 3.67. The lowest BCUT2D eigenvalue weighted by molar-refractivity contribution is -0.118. The first-order chi connectivity index (χ1) is 12.8. The largest absolute Gasteiger partial charge is 0.356 e. The monoisotopic (exact) mass is 429 g/mol. The van der Waals surface area contributed by atoms with E-state index in [0.717, 1.165) is 22.5 Å². The number of benzene rings is 1. The second-order valence-corrected chi connectivity index (χ2v) is 8.77. The Bertz CT molecular complexity index is 928. The molecule has 0 fully saturated rings. The van der Waals surface area contributed by atoms with Crippen LogP contribution in [0.15, 0.2) is 24.3 Å². The van der Waals surface area contributed by atoms with Crippen molar-refractivity contribution in [3.8, 4) is 0 Å². The van der Waals surface area contributed by atoms with Gasteiger partial charge in [0.25, 0.3) is 0 Å². The van der Waals surface area contributed by atoms with E-state index in [1.807, 2.05) is 6.07 Å². The highest BCUT2D eigenvalue weighted by Crippen LogP contribution is 2.21. The van der Waals surface area contributed by atoms with Gasteiger partial charge in [-0.3, -0.25) is 9.52 Å². The highest BCUT2D eigenvalue weighted by atomic mass is 35.5. The van der Waals surface area contributed by atoms with E-state index in [1.54, 1.807) is 18.2 Å². The van der Waals surface area contributed by atoms with Gasteiger partial charge in [0, 0.05) is 31.5 Å². The zero-order valence-electron chi connectivity index (χ0n) is 14.6. The van der Waals surface area contributed by atoms with Crippen LogP contribution in [0.4, 0.5) is 5.13 Å². The summed E-state index contributed by atoms with van der Waals surface area (Å²) in [4.78, 5) is 10.8. The van der Waals surface area contributed by atoms with Crippen LogP contribution in [0.2, 0.25) is 5.02 Å². The number of hydrogen-bond acceptors (Lipinski definition) is 7. The summed E-state index contributed by atoms with van der Waals surface area (Å²) in [5.41, 5.74) is 7.21. The maximum atomic E-state index is 12.2. The van der Waals surface area contributed by atoms with Gasteiger partial charge in [-0.25, -0.2) is 8.42 Å². The molecular weight excluding hydrogens is 410 g/mol. The van der Waals surface area contributed by atoms with Crippen molar-refractivity contribution in [2.45, 2.75) is 19.9 Å². The predicted octanol–water partition coefficient (Wildman–Crippen LogP) is 1.78. The quantitative estimate of drug-likeness (QED) is 0.557. The van der Waals surface area contributed by atoms with E-state index in [-0.39, 0.29) is 23.3 Å². The maximum absolute atomic E-state index is 12.2. The van der Waals surface area contributed by atoms with E-state index >= 15 is 0 Å². The smallest absolute Gasteiger partial charge is 0.238 e. The summed E-state index contributed by atoms with van der Waals surface area (Å²) in [5.74, 6) is -0.366. The van der Waals surface area contributed by atoms with E-state index in [4.69, 9.17) is 17.3 Å². The van der Waals surface area contributed by atoms with Crippen LogP contribution < -0.4 is 15.8 Å². The SMILES string of the molecule is CC(=O)NCCc1nnc(NS(=O)(=O)CC=Cc2cccc(Cl)c2CN)s1. The zero-order valence-corrected chi connectivity index (χ0v) is 17.0. The second-order valence-electron chi connectivity index (χ2n) is 5.53. The number of carbonyl (C=O) groups is 1. The Morgan fingerprint density at radius 3 is 2.85 bits per heavy atom. The van der Waals surface area contributed by atoms with E-state index in [1.165, 1.54) is 13.0 Å². The lowest BCUT2D eigenvalue weighted by atomic mass is 10.1. The molecule has 0 saturated carbocycles. The predicted molar refractivity (Wildman–Crippen MR) is 108 cm³/mol. The number of hydrogen-bond donors (Lipinski definition) is 3. The molecule has 0 spiro atoms. The number of rotatable bonds is 9. The molecular formula is C16H20ClN5O3S2. The van der Waals surface area contributed by atoms with E-state index < -0.39 is 10.0 Å². The molecule has 0 aliphatic rings. The van der Waals surface area contributed by atoms with Crippen LogP contribution >= 0.6 is 22.9 Å². The summed E-state index contributed by atoms with van der Waals surface area (Å²) in [6, 6.07) is 5.33. The van der Waals surface area contributed by atoms with Crippen molar-refractivity contribution in [3.63, 3.8) is 0 Å². The molecule has 2 aromatic rings. The van der Waals surface area contributed by atoms with Crippen molar-refractivity contribution in [1.82, 2.24) is 15.5 Å². The summed E-state index contributed by atoms with van der Waals surface area (Å²) in [5, 5.41) is 11.7. The molecule has 146 valence electrons. The fraction of sp³-hybridized carbons (Fsp3) is 0.312. The summed E-state index contributed by atoms with van der Waals surface area (Å²) < 4.78 is 26.8. The third-order valence-electron chi connectivity index (χ3n) is 3.39. The molecule has 27 heavy (non-hydrogen) atoms. The van der Waals surface area contributed by atoms with Gasteiger partial charge in [0.2, 0.25) is 21.1 Å². The number of anilines is 1. The van der Waals surface area contributed by atoms with Gasteiger partial charge in [0.1, 0.15) is 5.01 Å². The molecule has 0 unspecified atom stereocenters. The Kier molecular flexibility index (Phi) is 7.72. The molecule has 8 nitrogen and oxygen atoms in total. The molecule has 4 N–H and O–H groups in total. The van der Waals surface area contributed by atoms with Gasteiger partial charge in [-0.1, -0.05) is 47.2 Å². The van der Waals surface area contributed by atoms with Crippen molar-refractivity contribution in [2.75, 3.05) is 17.0 Å². The highest BCUT2D eigenvalue weighted by molar-refractivity contribution is 7.93. The molecule has 1 heterocycles. The number of sulfonamides is 1. The summed E-state index contributed by atoms with van der Waals surface area (Å²) in [7, 11) is -3.62. The van der Waals surface area contributed by atoms with Crippen LogP contribution in [0.25, 0.3) is 6.08 Å². The third-order valence-corrected chi connectivity index (χ3v) is 5.91. The zero-order chi connectivity index (χ0) is 19.9. The Morgan fingerprint density at radius 2 is 2.15 bits per heavy atom. The van der Waals surface area contributed by atoms with Gasteiger partial charge >= 0.3 is 0 Å². The number of amides is 1. The fourth-order valence-electron chi connectivity index (χ4n) is 2.16. The Labute approximate surface area is 166 Å². The van der Waals surface area contributed by atoms with Gasteiger partial charge < -0.3 is 11.1 Å². The van der Waals surface area contributed by atoms with Crippen LogP contribution in [0.5, 0.6) is 0 Å². The number of nitrogens with two attached hydrogens (primary N) is 1. The van der Waals surface area contributed by atoms with Gasteiger partial charge in [0.05, 0.1) is 5.75 Å².